The van der Waals surface area contributed by atoms with Crippen LogP contribution in [0.4, 0.5) is 5.69 Å². The molecule has 4 nitrogen and oxygen atoms in total. The molecule has 0 saturated heterocycles. The summed E-state index contributed by atoms with van der Waals surface area (Å²) in [4.78, 5) is 12.2. The number of terminal acetylenes is 1. The first kappa shape index (κ1) is 17.1. The maximum atomic E-state index is 12.2. The molecule has 24 heavy (non-hydrogen) atoms. The van der Waals surface area contributed by atoms with E-state index in [2.05, 4.69) is 11.2 Å². The third kappa shape index (κ3) is 4.91. The summed E-state index contributed by atoms with van der Waals surface area (Å²) in [6, 6.07) is 15.5. The van der Waals surface area contributed by atoms with Gasteiger partial charge in [-0.1, -0.05) is 35.7 Å². The van der Waals surface area contributed by atoms with Gasteiger partial charge in [0, 0.05) is 10.7 Å². The van der Waals surface area contributed by atoms with Crippen molar-refractivity contribution in [2.45, 2.75) is 0 Å². The zero-order valence-electron chi connectivity index (χ0n) is 12.6. The molecule has 0 radical (unpaired) electrons. The fraction of sp³-hybridized carbons (Fsp3) is 0.0526. The number of amides is 1. The molecule has 2 aromatic rings. The number of nitrogens with one attached hydrogen (secondary N) is 1. The topological polar surface area (TPSA) is 62.1 Å². The molecule has 118 valence electrons. The highest BCUT2D eigenvalue weighted by Crippen LogP contribution is 2.17. The summed E-state index contributed by atoms with van der Waals surface area (Å²) in [5, 5.41) is 12.3. The maximum Gasteiger partial charge on any atom is 0.266 e. The van der Waals surface area contributed by atoms with Crippen molar-refractivity contribution in [2.75, 3.05) is 11.9 Å². The van der Waals surface area contributed by atoms with E-state index in [1.54, 1.807) is 48.5 Å². The van der Waals surface area contributed by atoms with Gasteiger partial charge in [-0.3, -0.25) is 4.79 Å². The number of nitrogens with zero attached hydrogens (tertiary/aromatic N) is 1. The van der Waals surface area contributed by atoms with Gasteiger partial charge in [0.15, 0.2) is 0 Å². The second-order valence-corrected chi connectivity index (χ2v) is 5.13. The third-order valence-electron chi connectivity index (χ3n) is 2.96. The van der Waals surface area contributed by atoms with Crippen LogP contribution in [0.5, 0.6) is 5.75 Å². The van der Waals surface area contributed by atoms with E-state index in [0.29, 0.717) is 22.0 Å². The van der Waals surface area contributed by atoms with E-state index in [1.165, 1.54) is 6.08 Å². The number of nitriles is 1. The van der Waals surface area contributed by atoms with Gasteiger partial charge >= 0.3 is 0 Å². The van der Waals surface area contributed by atoms with Gasteiger partial charge in [-0.25, -0.2) is 0 Å². The summed E-state index contributed by atoms with van der Waals surface area (Å²) in [6.45, 7) is 0.181. The predicted octanol–water partition coefficient (Wildman–Crippen LogP) is 3.90. The summed E-state index contributed by atoms with van der Waals surface area (Å²) in [5.74, 6) is 2.49. The first-order chi connectivity index (χ1) is 11.6. The molecule has 0 fully saturated rings. The Morgan fingerprint density at radius 2 is 2.04 bits per heavy atom. The van der Waals surface area contributed by atoms with Crippen LogP contribution in [-0.2, 0) is 4.79 Å². The maximum absolute atomic E-state index is 12.2. The molecule has 0 bridgehead atoms. The molecule has 2 aromatic carbocycles. The Morgan fingerprint density at radius 3 is 2.67 bits per heavy atom. The SMILES string of the molecule is C#CCOc1ccc(/C=C(\C#N)C(=O)Nc2cccc(Cl)c2)cc1. The van der Waals surface area contributed by atoms with Crippen LogP contribution in [-0.4, -0.2) is 12.5 Å². The van der Waals surface area contributed by atoms with Crippen LogP contribution >= 0.6 is 11.6 Å². The average Bonchev–Trinajstić information content (AvgIpc) is 2.58. The van der Waals surface area contributed by atoms with Gasteiger partial charge in [-0.05, 0) is 42.0 Å². The van der Waals surface area contributed by atoms with Crippen LogP contribution in [0.3, 0.4) is 0 Å². The Bertz CT molecular complexity index is 843. The van der Waals surface area contributed by atoms with Gasteiger partial charge in [0.05, 0.1) is 0 Å². The standard InChI is InChI=1S/C19H13ClN2O2/c1-2-10-24-18-8-6-14(7-9-18)11-15(13-21)19(23)22-17-5-3-4-16(20)12-17/h1,3-9,11-12H,10H2,(H,22,23)/b15-11+. The lowest BCUT2D eigenvalue weighted by molar-refractivity contribution is -0.112. The number of halogens is 1. The van der Waals surface area contributed by atoms with Crippen molar-refractivity contribution in [2.24, 2.45) is 0 Å². The number of carbonyl (C=O) groups is 1. The predicted molar refractivity (Wildman–Crippen MR) is 94.4 cm³/mol. The van der Waals surface area contributed by atoms with Crippen molar-refractivity contribution in [3.8, 4) is 24.2 Å². The van der Waals surface area contributed by atoms with E-state index in [-0.39, 0.29) is 12.2 Å². The first-order valence-corrected chi connectivity index (χ1v) is 7.35. The van der Waals surface area contributed by atoms with Crippen LogP contribution in [0, 0.1) is 23.7 Å². The minimum atomic E-state index is -0.507. The Hall–Kier alpha value is -3.21. The number of anilines is 1. The molecule has 0 aromatic heterocycles. The summed E-state index contributed by atoms with van der Waals surface area (Å²) in [7, 11) is 0. The molecule has 0 aliphatic rings. The lowest BCUT2D eigenvalue weighted by atomic mass is 10.1. The van der Waals surface area contributed by atoms with Crippen LogP contribution in [0.25, 0.3) is 6.08 Å². The van der Waals surface area contributed by atoms with Crippen molar-refractivity contribution in [3.63, 3.8) is 0 Å². The molecular formula is C19H13ClN2O2. The second kappa shape index (κ2) is 8.43. The molecule has 0 atom stereocenters. The van der Waals surface area contributed by atoms with E-state index in [1.807, 2.05) is 6.07 Å². The normalized spacial score (nSPS) is 10.4. The van der Waals surface area contributed by atoms with Crippen molar-refractivity contribution in [1.82, 2.24) is 0 Å². The molecule has 0 saturated carbocycles. The third-order valence-corrected chi connectivity index (χ3v) is 3.20. The molecule has 1 N–H and O–H groups in total. The number of hydrogen-bond donors (Lipinski definition) is 1. The molecule has 0 aliphatic heterocycles. The number of benzene rings is 2. The summed E-state index contributed by atoms with van der Waals surface area (Å²) in [6.07, 6.45) is 6.61. The molecule has 5 heteroatoms. The Kier molecular flexibility index (Phi) is 6.02. The van der Waals surface area contributed by atoms with Crippen LogP contribution in [0.15, 0.2) is 54.1 Å². The molecule has 0 aliphatic carbocycles. The first-order valence-electron chi connectivity index (χ1n) is 6.97. The molecule has 1 amide bonds. The number of rotatable bonds is 5. The zero-order valence-corrected chi connectivity index (χ0v) is 13.4. The summed E-state index contributed by atoms with van der Waals surface area (Å²) in [5.41, 5.74) is 1.19. The Labute approximate surface area is 145 Å². The van der Waals surface area contributed by atoms with E-state index in [4.69, 9.17) is 22.8 Å². The molecule has 0 heterocycles. The van der Waals surface area contributed by atoms with Crippen LogP contribution < -0.4 is 10.1 Å². The fourth-order valence-electron chi connectivity index (χ4n) is 1.87. The fourth-order valence-corrected chi connectivity index (χ4v) is 2.06. The van der Waals surface area contributed by atoms with Crippen molar-refractivity contribution in [1.29, 1.82) is 5.26 Å². The smallest absolute Gasteiger partial charge is 0.266 e. The van der Waals surface area contributed by atoms with E-state index < -0.39 is 5.91 Å². The molecule has 2 rings (SSSR count). The van der Waals surface area contributed by atoms with E-state index >= 15 is 0 Å². The minimum absolute atomic E-state index is 0.0210. The van der Waals surface area contributed by atoms with Gasteiger partial charge in [0.25, 0.3) is 5.91 Å². The van der Waals surface area contributed by atoms with Gasteiger partial charge in [0.2, 0.25) is 0 Å². The number of carbonyl (C=O) groups excluding carboxylic acids is 1. The highest BCUT2D eigenvalue weighted by Gasteiger charge is 2.09. The summed E-state index contributed by atoms with van der Waals surface area (Å²) < 4.78 is 5.27. The van der Waals surface area contributed by atoms with Crippen molar-refractivity contribution >= 4 is 29.3 Å². The minimum Gasteiger partial charge on any atom is -0.481 e. The van der Waals surface area contributed by atoms with Gasteiger partial charge in [0.1, 0.15) is 24.0 Å². The summed E-state index contributed by atoms with van der Waals surface area (Å²) >= 11 is 5.87. The van der Waals surface area contributed by atoms with Gasteiger partial charge in [-0.2, -0.15) is 5.26 Å². The number of ether oxygens (including phenoxy) is 1. The molecular weight excluding hydrogens is 324 g/mol. The Balaban J connectivity index is 2.12. The monoisotopic (exact) mass is 336 g/mol. The largest absolute Gasteiger partial charge is 0.481 e. The van der Waals surface area contributed by atoms with E-state index in [9.17, 15) is 10.1 Å². The highest BCUT2D eigenvalue weighted by atomic mass is 35.5. The highest BCUT2D eigenvalue weighted by molar-refractivity contribution is 6.31. The second-order valence-electron chi connectivity index (χ2n) is 4.70. The lowest BCUT2D eigenvalue weighted by Crippen LogP contribution is -2.13. The van der Waals surface area contributed by atoms with Gasteiger partial charge < -0.3 is 10.1 Å². The zero-order chi connectivity index (χ0) is 17.4. The quantitative estimate of drug-likeness (QED) is 0.511. The number of hydrogen-bond acceptors (Lipinski definition) is 3. The van der Waals surface area contributed by atoms with Crippen molar-refractivity contribution < 1.29 is 9.53 Å². The van der Waals surface area contributed by atoms with Crippen LogP contribution in [0.1, 0.15) is 5.56 Å². The lowest BCUT2D eigenvalue weighted by Gasteiger charge is -2.05. The van der Waals surface area contributed by atoms with Crippen LogP contribution in [0.2, 0.25) is 5.02 Å². The Morgan fingerprint density at radius 1 is 1.29 bits per heavy atom. The molecule has 0 unspecified atom stereocenters. The van der Waals surface area contributed by atoms with Crippen molar-refractivity contribution in [3.05, 3.63) is 64.7 Å². The molecule has 0 spiro atoms. The van der Waals surface area contributed by atoms with E-state index in [0.717, 1.165) is 0 Å². The average molecular weight is 337 g/mol. The van der Waals surface area contributed by atoms with Gasteiger partial charge in [-0.15, -0.1) is 6.42 Å².